The molecule has 1 aromatic carbocycles. The molecule has 30 heavy (non-hydrogen) atoms. The summed E-state index contributed by atoms with van der Waals surface area (Å²) in [5.41, 5.74) is 14.0. The highest BCUT2D eigenvalue weighted by Gasteiger charge is 2.36. The summed E-state index contributed by atoms with van der Waals surface area (Å²) in [6, 6.07) is 5.45. The lowest BCUT2D eigenvalue weighted by molar-refractivity contribution is 0.0828. The third-order valence-electron chi connectivity index (χ3n) is 4.70. The summed E-state index contributed by atoms with van der Waals surface area (Å²) in [6.45, 7) is 5.77. The van der Waals surface area contributed by atoms with Gasteiger partial charge < -0.3 is 10.2 Å². The molecule has 0 unspecified atom stereocenters. The largest absolute Gasteiger partial charge is 0.455 e. The quantitative estimate of drug-likeness (QED) is 0.554. The summed E-state index contributed by atoms with van der Waals surface area (Å²) in [6.07, 6.45) is 1.15. The van der Waals surface area contributed by atoms with Gasteiger partial charge in [-0.1, -0.05) is 25.4 Å². The zero-order valence-electron chi connectivity index (χ0n) is 16.8. The van der Waals surface area contributed by atoms with E-state index in [1.54, 1.807) is 19.1 Å². The molecule has 1 aromatic heterocycles. The summed E-state index contributed by atoms with van der Waals surface area (Å²) in [4.78, 5) is 35.9. The summed E-state index contributed by atoms with van der Waals surface area (Å²) < 4.78 is 5.82. The molecule has 1 heterocycles. The number of rotatable bonds is 3. The number of benzene rings is 1. The fraction of sp³-hybridized carbons (Fsp3) is 0.300. The highest BCUT2D eigenvalue weighted by atomic mass is 35.5. The normalized spacial score (nSPS) is 15.9. The van der Waals surface area contributed by atoms with Crippen molar-refractivity contribution in [2.24, 2.45) is 16.3 Å². The van der Waals surface area contributed by atoms with Crippen molar-refractivity contribution in [2.45, 2.75) is 33.6 Å². The second-order valence-electron chi connectivity index (χ2n) is 7.82. The van der Waals surface area contributed by atoms with E-state index in [0.29, 0.717) is 46.0 Å². The number of primary amides is 1. The van der Waals surface area contributed by atoms with Crippen LogP contribution in [0, 0.1) is 12.3 Å². The SMILES string of the molecule is Cc1c(C(=O)NNC(=O)c2ccc(Cl)cc2)oc2c1/C(=N\NC(N)=O)CC(C)(C)C2. The predicted molar refractivity (Wildman–Crippen MR) is 111 cm³/mol. The Bertz CT molecular complexity index is 1040. The molecule has 2 aromatic rings. The number of hydrazone groups is 1. The van der Waals surface area contributed by atoms with Crippen LogP contribution in [-0.4, -0.2) is 23.6 Å². The molecule has 1 aliphatic rings. The molecule has 158 valence electrons. The molecule has 9 nitrogen and oxygen atoms in total. The van der Waals surface area contributed by atoms with Gasteiger partial charge in [0.2, 0.25) is 0 Å². The highest BCUT2D eigenvalue weighted by Crippen LogP contribution is 2.38. The molecule has 0 radical (unpaired) electrons. The van der Waals surface area contributed by atoms with Crippen molar-refractivity contribution in [1.29, 1.82) is 0 Å². The van der Waals surface area contributed by atoms with E-state index >= 15 is 0 Å². The highest BCUT2D eigenvalue weighted by molar-refractivity contribution is 6.30. The van der Waals surface area contributed by atoms with E-state index in [1.807, 2.05) is 13.8 Å². The molecule has 10 heteroatoms. The Labute approximate surface area is 178 Å². The van der Waals surface area contributed by atoms with Crippen LogP contribution in [0.5, 0.6) is 0 Å². The maximum Gasteiger partial charge on any atom is 0.332 e. The standard InChI is InChI=1S/C20H22ClN5O4/c1-10-15-13(23-26-19(22)29)8-20(2,3)9-14(15)30-16(10)18(28)25-24-17(27)11-4-6-12(21)7-5-11/h4-7H,8-9H2,1-3H3,(H,24,27)(H,25,28)(H3,22,26,29)/b23-13-. The van der Waals surface area contributed by atoms with Crippen LogP contribution in [0.15, 0.2) is 33.8 Å². The Kier molecular flexibility index (Phi) is 5.84. The summed E-state index contributed by atoms with van der Waals surface area (Å²) >= 11 is 5.81. The van der Waals surface area contributed by atoms with Gasteiger partial charge in [0.05, 0.1) is 5.71 Å². The smallest absolute Gasteiger partial charge is 0.332 e. The Balaban J connectivity index is 1.81. The number of nitrogens with one attached hydrogen (secondary N) is 3. The molecule has 5 N–H and O–H groups in total. The van der Waals surface area contributed by atoms with Crippen LogP contribution in [0.1, 0.15) is 58.1 Å². The average Bonchev–Trinajstić information content (AvgIpc) is 2.99. The zero-order chi connectivity index (χ0) is 22.1. The van der Waals surface area contributed by atoms with E-state index < -0.39 is 17.8 Å². The van der Waals surface area contributed by atoms with E-state index in [4.69, 9.17) is 21.8 Å². The van der Waals surface area contributed by atoms with Crippen molar-refractivity contribution in [2.75, 3.05) is 0 Å². The molecule has 0 saturated carbocycles. The number of halogens is 1. The molecule has 1 aliphatic carbocycles. The lowest BCUT2D eigenvalue weighted by atomic mass is 9.75. The second-order valence-corrected chi connectivity index (χ2v) is 8.26. The van der Waals surface area contributed by atoms with Crippen molar-refractivity contribution < 1.29 is 18.8 Å². The number of nitrogens with zero attached hydrogens (tertiary/aromatic N) is 1. The van der Waals surface area contributed by atoms with Crippen LogP contribution in [0.2, 0.25) is 5.02 Å². The first-order chi connectivity index (χ1) is 14.1. The fourth-order valence-electron chi connectivity index (χ4n) is 3.39. The summed E-state index contributed by atoms with van der Waals surface area (Å²) in [5, 5.41) is 4.59. The lowest BCUT2D eigenvalue weighted by Crippen LogP contribution is -2.41. The van der Waals surface area contributed by atoms with Crippen LogP contribution in [0.4, 0.5) is 4.79 Å². The number of nitrogens with two attached hydrogens (primary N) is 1. The number of fused-ring (bicyclic) bond motifs is 1. The molecule has 0 saturated heterocycles. The Morgan fingerprint density at radius 2 is 1.73 bits per heavy atom. The second kappa shape index (κ2) is 8.19. The van der Waals surface area contributed by atoms with Crippen molar-refractivity contribution in [3.63, 3.8) is 0 Å². The minimum atomic E-state index is -0.781. The first-order valence-electron chi connectivity index (χ1n) is 9.18. The molecule has 0 bridgehead atoms. The van der Waals surface area contributed by atoms with Crippen LogP contribution in [0.3, 0.4) is 0 Å². The van der Waals surface area contributed by atoms with Gasteiger partial charge in [0.15, 0.2) is 5.76 Å². The van der Waals surface area contributed by atoms with Crippen LogP contribution >= 0.6 is 11.6 Å². The van der Waals surface area contributed by atoms with Gasteiger partial charge >= 0.3 is 11.9 Å². The zero-order valence-corrected chi connectivity index (χ0v) is 17.5. The fourth-order valence-corrected chi connectivity index (χ4v) is 3.52. The number of hydrogen-bond donors (Lipinski definition) is 4. The Morgan fingerprint density at radius 3 is 2.37 bits per heavy atom. The van der Waals surface area contributed by atoms with Gasteiger partial charge in [0.25, 0.3) is 5.91 Å². The number of furan rings is 1. The number of amides is 4. The maximum absolute atomic E-state index is 12.6. The van der Waals surface area contributed by atoms with Gasteiger partial charge in [0.1, 0.15) is 5.76 Å². The van der Waals surface area contributed by atoms with Gasteiger partial charge in [-0.05, 0) is 43.0 Å². The number of hydrazine groups is 1. The molecular formula is C20H22ClN5O4. The van der Waals surface area contributed by atoms with Gasteiger partial charge in [0, 0.05) is 28.1 Å². The van der Waals surface area contributed by atoms with E-state index in [2.05, 4.69) is 21.4 Å². The van der Waals surface area contributed by atoms with Gasteiger partial charge in [-0.2, -0.15) is 5.10 Å². The lowest BCUT2D eigenvalue weighted by Gasteiger charge is -2.29. The van der Waals surface area contributed by atoms with Crippen molar-refractivity contribution in [3.05, 3.63) is 57.5 Å². The Morgan fingerprint density at radius 1 is 1.10 bits per heavy atom. The predicted octanol–water partition coefficient (Wildman–Crippen LogP) is 2.66. The topological polar surface area (TPSA) is 139 Å². The van der Waals surface area contributed by atoms with Crippen molar-refractivity contribution in [1.82, 2.24) is 16.3 Å². The first-order valence-corrected chi connectivity index (χ1v) is 9.56. The third kappa shape index (κ3) is 4.62. The molecular weight excluding hydrogens is 410 g/mol. The van der Waals surface area contributed by atoms with E-state index in [-0.39, 0.29) is 11.2 Å². The first kappa shape index (κ1) is 21.4. The minimum absolute atomic E-state index is 0.0564. The maximum atomic E-state index is 12.6. The van der Waals surface area contributed by atoms with Crippen LogP contribution in [0.25, 0.3) is 0 Å². The number of urea groups is 1. The van der Waals surface area contributed by atoms with Crippen LogP contribution in [-0.2, 0) is 6.42 Å². The third-order valence-corrected chi connectivity index (χ3v) is 4.95. The number of carbonyl (C=O) groups is 3. The summed E-state index contributed by atoms with van der Waals surface area (Å²) in [5.74, 6) is -0.462. The van der Waals surface area contributed by atoms with Gasteiger partial charge in [-0.3, -0.25) is 20.4 Å². The molecule has 0 atom stereocenters. The van der Waals surface area contributed by atoms with Crippen molar-refractivity contribution >= 4 is 35.2 Å². The van der Waals surface area contributed by atoms with Crippen LogP contribution < -0.4 is 22.0 Å². The van der Waals surface area contributed by atoms with E-state index in [9.17, 15) is 14.4 Å². The molecule has 0 spiro atoms. The molecule has 4 amide bonds. The Hall–Kier alpha value is -3.33. The molecule has 0 aliphatic heterocycles. The number of hydrogen-bond acceptors (Lipinski definition) is 5. The van der Waals surface area contributed by atoms with Crippen molar-refractivity contribution in [3.8, 4) is 0 Å². The molecule has 0 fully saturated rings. The van der Waals surface area contributed by atoms with E-state index in [0.717, 1.165) is 0 Å². The van der Waals surface area contributed by atoms with Gasteiger partial charge in [-0.25, -0.2) is 10.2 Å². The minimum Gasteiger partial charge on any atom is -0.455 e. The number of carbonyl (C=O) groups excluding carboxylic acids is 3. The summed E-state index contributed by atoms with van der Waals surface area (Å²) in [7, 11) is 0. The average molecular weight is 432 g/mol. The molecule has 3 rings (SSSR count). The van der Waals surface area contributed by atoms with Gasteiger partial charge in [-0.15, -0.1) is 0 Å². The van der Waals surface area contributed by atoms with E-state index in [1.165, 1.54) is 12.1 Å². The monoisotopic (exact) mass is 431 g/mol.